The van der Waals surface area contributed by atoms with Gasteiger partial charge in [-0.2, -0.15) is 0 Å². The second-order valence-electron chi connectivity index (χ2n) is 4.48. The van der Waals surface area contributed by atoms with Gasteiger partial charge in [0.1, 0.15) is 0 Å². The Hall–Kier alpha value is -1.42. The van der Waals surface area contributed by atoms with Crippen LogP contribution in [0.15, 0.2) is 18.5 Å². The normalized spacial score (nSPS) is 17.6. The van der Waals surface area contributed by atoms with Crippen molar-refractivity contribution in [2.45, 2.75) is 26.2 Å². The van der Waals surface area contributed by atoms with E-state index in [0.29, 0.717) is 6.54 Å². The number of nitrogens with zero attached hydrogens (tertiary/aromatic N) is 1. The minimum atomic E-state index is -0.324. The third kappa shape index (κ3) is 1.80. The molecule has 3 N–H and O–H groups in total. The summed E-state index contributed by atoms with van der Waals surface area (Å²) in [7, 11) is 0. The summed E-state index contributed by atoms with van der Waals surface area (Å²) in [4.78, 5) is 16.1. The zero-order valence-corrected chi connectivity index (χ0v) is 9.49. The Balaban J connectivity index is 2.10. The number of hydrogen-bond donors (Lipinski definition) is 2. The van der Waals surface area contributed by atoms with E-state index in [2.05, 4.69) is 10.3 Å². The maximum absolute atomic E-state index is 12.1. The first-order chi connectivity index (χ1) is 7.68. The second-order valence-corrected chi connectivity index (χ2v) is 4.48. The highest BCUT2D eigenvalue weighted by Gasteiger charge is 2.42. The first-order valence-corrected chi connectivity index (χ1v) is 5.60. The molecule has 1 heterocycles. The van der Waals surface area contributed by atoms with Crippen molar-refractivity contribution in [3.05, 3.63) is 24.0 Å². The molecule has 0 unspecified atom stereocenters. The maximum Gasteiger partial charge on any atom is 0.231 e. The third-order valence-corrected chi connectivity index (χ3v) is 3.45. The van der Waals surface area contributed by atoms with Crippen molar-refractivity contribution in [1.29, 1.82) is 0 Å². The molecule has 4 nitrogen and oxygen atoms in total. The van der Waals surface area contributed by atoms with E-state index in [9.17, 15) is 4.79 Å². The van der Waals surface area contributed by atoms with E-state index in [1.54, 1.807) is 12.4 Å². The summed E-state index contributed by atoms with van der Waals surface area (Å²) < 4.78 is 0. The SMILES string of the molecule is Cc1cnccc1NC(=O)C1(CN)CCC1. The van der Waals surface area contributed by atoms with Crippen molar-refractivity contribution in [2.75, 3.05) is 11.9 Å². The number of amides is 1. The van der Waals surface area contributed by atoms with E-state index in [1.807, 2.05) is 13.0 Å². The second kappa shape index (κ2) is 4.22. The van der Waals surface area contributed by atoms with Crippen LogP contribution in [0.1, 0.15) is 24.8 Å². The Labute approximate surface area is 95.3 Å². The first-order valence-electron chi connectivity index (χ1n) is 5.60. The number of nitrogens with one attached hydrogen (secondary N) is 1. The molecule has 0 aromatic carbocycles. The lowest BCUT2D eigenvalue weighted by Gasteiger charge is -2.39. The van der Waals surface area contributed by atoms with E-state index in [0.717, 1.165) is 30.5 Å². The average molecular weight is 219 g/mol. The number of nitrogens with two attached hydrogens (primary N) is 1. The van der Waals surface area contributed by atoms with Crippen LogP contribution in [0, 0.1) is 12.3 Å². The molecule has 86 valence electrons. The van der Waals surface area contributed by atoms with Crippen LogP contribution in [0.25, 0.3) is 0 Å². The Morgan fingerprint density at radius 3 is 2.88 bits per heavy atom. The van der Waals surface area contributed by atoms with E-state index >= 15 is 0 Å². The fourth-order valence-corrected chi connectivity index (χ4v) is 2.00. The summed E-state index contributed by atoms with van der Waals surface area (Å²) in [5, 5.41) is 2.94. The third-order valence-electron chi connectivity index (χ3n) is 3.45. The van der Waals surface area contributed by atoms with Crippen LogP contribution in [0.5, 0.6) is 0 Å². The van der Waals surface area contributed by atoms with Crippen LogP contribution in [-0.4, -0.2) is 17.4 Å². The van der Waals surface area contributed by atoms with Gasteiger partial charge in [0.2, 0.25) is 5.91 Å². The number of pyridine rings is 1. The molecule has 0 bridgehead atoms. The van der Waals surface area contributed by atoms with E-state index in [1.165, 1.54) is 0 Å². The molecule has 1 fully saturated rings. The van der Waals surface area contributed by atoms with Crippen molar-refractivity contribution < 1.29 is 4.79 Å². The van der Waals surface area contributed by atoms with Crippen molar-refractivity contribution in [1.82, 2.24) is 4.98 Å². The number of anilines is 1. The van der Waals surface area contributed by atoms with E-state index < -0.39 is 0 Å². The van der Waals surface area contributed by atoms with Crippen molar-refractivity contribution >= 4 is 11.6 Å². The topological polar surface area (TPSA) is 68.0 Å². The van der Waals surface area contributed by atoms with Crippen LogP contribution in [0.2, 0.25) is 0 Å². The molecule has 16 heavy (non-hydrogen) atoms. The molecule has 4 heteroatoms. The van der Waals surface area contributed by atoms with Crippen molar-refractivity contribution in [3.63, 3.8) is 0 Å². The van der Waals surface area contributed by atoms with Gasteiger partial charge in [-0.3, -0.25) is 9.78 Å². The van der Waals surface area contributed by atoms with Gasteiger partial charge in [-0.15, -0.1) is 0 Å². The Kier molecular flexibility index (Phi) is 2.92. The van der Waals surface area contributed by atoms with Gasteiger partial charge in [-0.05, 0) is 31.4 Å². The van der Waals surface area contributed by atoms with E-state index in [-0.39, 0.29) is 11.3 Å². The van der Waals surface area contributed by atoms with Crippen LogP contribution in [0.4, 0.5) is 5.69 Å². The molecule has 1 aromatic rings. The van der Waals surface area contributed by atoms with Gasteiger partial charge in [-0.25, -0.2) is 0 Å². The molecule has 0 spiro atoms. The maximum atomic E-state index is 12.1. The molecule has 0 aliphatic heterocycles. The minimum Gasteiger partial charge on any atom is -0.329 e. The Morgan fingerprint density at radius 1 is 1.62 bits per heavy atom. The fourth-order valence-electron chi connectivity index (χ4n) is 2.00. The minimum absolute atomic E-state index is 0.0514. The van der Waals surface area contributed by atoms with Gasteiger partial charge in [0.15, 0.2) is 0 Å². The Bertz CT molecular complexity index is 393. The summed E-state index contributed by atoms with van der Waals surface area (Å²) in [5.41, 5.74) is 7.17. The molecular formula is C12H17N3O. The average Bonchev–Trinajstić information content (AvgIpc) is 2.21. The number of hydrogen-bond acceptors (Lipinski definition) is 3. The lowest BCUT2D eigenvalue weighted by Crippen LogP contribution is -2.47. The number of rotatable bonds is 3. The fraction of sp³-hybridized carbons (Fsp3) is 0.500. The molecule has 1 saturated carbocycles. The number of aryl methyl sites for hydroxylation is 1. The highest BCUT2D eigenvalue weighted by Crippen LogP contribution is 2.40. The Morgan fingerprint density at radius 2 is 2.38 bits per heavy atom. The molecule has 1 aromatic heterocycles. The van der Waals surface area contributed by atoms with Gasteiger partial charge in [0, 0.05) is 24.6 Å². The summed E-state index contributed by atoms with van der Waals surface area (Å²) in [6.07, 6.45) is 6.32. The summed E-state index contributed by atoms with van der Waals surface area (Å²) in [6.45, 7) is 2.36. The van der Waals surface area contributed by atoms with Crippen LogP contribution < -0.4 is 11.1 Å². The molecule has 1 aliphatic carbocycles. The molecule has 1 aliphatic rings. The highest BCUT2D eigenvalue weighted by atomic mass is 16.2. The molecular weight excluding hydrogens is 202 g/mol. The summed E-state index contributed by atoms with van der Waals surface area (Å²) >= 11 is 0. The lowest BCUT2D eigenvalue weighted by atomic mass is 9.68. The zero-order chi connectivity index (χ0) is 11.6. The molecule has 0 atom stereocenters. The van der Waals surface area contributed by atoms with Crippen LogP contribution >= 0.6 is 0 Å². The first kappa shape index (κ1) is 11.1. The van der Waals surface area contributed by atoms with Gasteiger partial charge >= 0.3 is 0 Å². The number of carbonyl (C=O) groups is 1. The summed E-state index contributed by atoms with van der Waals surface area (Å²) in [5.74, 6) is 0.0514. The molecule has 0 radical (unpaired) electrons. The molecule has 1 amide bonds. The molecule has 2 rings (SSSR count). The van der Waals surface area contributed by atoms with Gasteiger partial charge < -0.3 is 11.1 Å². The predicted molar refractivity (Wildman–Crippen MR) is 62.9 cm³/mol. The summed E-state index contributed by atoms with van der Waals surface area (Å²) in [6, 6.07) is 1.82. The standard InChI is InChI=1S/C12H17N3O/c1-9-7-14-6-3-10(9)15-11(16)12(8-13)4-2-5-12/h3,6-7H,2,4-5,8,13H2,1H3,(H,14,15,16). The predicted octanol–water partition coefficient (Wildman–Crippen LogP) is 1.46. The van der Waals surface area contributed by atoms with Gasteiger partial charge in [0.25, 0.3) is 0 Å². The zero-order valence-electron chi connectivity index (χ0n) is 9.49. The van der Waals surface area contributed by atoms with Gasteiger partial charge in [0.05, 0.1) is 5.41 Å². The quantitative estimate of drug-likeness (QED) is 0.808. The van der Waals surface area contributed by atoms with Crippen molar-refractivity contribution in [2.24, 2.45) is 11.1 Å². The number of aromatic nitrogens is 1. The lowest BCUT2D eigenvalue weighted by molar-refractivity contribution is -0.129. The van der Waals surface area contributed by atoms with E-state index in [4.69, 9.17) is 5.73 Å². The van der Waals surface area contributed by atoms with Crippen molar-refractivity contribution in [3.8, 4) is 0 Å². The smallest absolute Gasteiger partial charge is 0.231 e. The van der Waals surface area contributed by atoms with Crippen LogP contribution in [0.3, 0.4) is 0 Å². The van der Waals surface area contributed by atoms with Crippen LogP contribution in [-0.2, 0) is 4.79 Å². The van der Waals surface area contributed by atoms with Gasteiger partial charge in [-0.1, -0.05) is 6.42 Å². The monoisotopic (exact) mass is 219 g/mol. The molecule has 0 saturated heterocycles. The number of carbonyl (C=O) groups excluding carboxylic acids is 1. The highest BCUT2D eigenvalue weighted by molar-refractivity contribution is 5.96. The largest absolute Gasteiger partial charge is 0.329 e.